The molecule has 0 aliphatic heterocycles. The summed E-state index contributed by atoms with van der Waals surface area (Å²) in [7, 11) is 0. The van der Waals surface area contributed by atoms with E-state index in [9.17, 15) is 4.79 Å². The van der Waals surface area contributed by atoms with Gasteiger partial charge in [-0.25, -0.2) is 9.78 Å². The number of aromatic carboxylic acids is 1. The minimum absolute atomic E-state index is 0.0588. The van der Waals surface area contributed by atoms with Gasteiger partial charge in [0.15, 0.2) is 5.69 Å². The number of carbonyl (C=O) groups is 1. The predicted molar refractivity (Wildman–Crippen MR) is 77.0 cm³/mol. The lowest BCUT2D eigenvalue weighted by atomic mass is 10.1. The van der Waals surface area contributed by atoms with Crippen LogP contribution in [-0.2, 0) is 6.42 Å². The zero-order valence-electron chi connectivity index (χ0n) is 11.1. The van der Waals surface area contributed by atoms with Crippen molar-refractivity contribution in [1.29, 1.82) is 0 Å². The molecule has 0 amide bonds. The highest BCUT2D eigenvalue weighted by Gasteiger charge is 2.08. The van der Waals surface area contributed by atoms with Gasteiger partial charge in [-0.1, -0.05) is 31.2 Å². The van der Waals surface area contributed by atoms with Crippen molar-refractivity contribution in [2.24, 2.45) is 0 Å². The van der Waals surface area contributed by atoms with Crippen LogP contribution in [0.5, 0.6) is 0 Å². The molecule has 0 radical (unpaired) electrons. The number of aryl methyl sites for hydroxylation is 1. The van der Waals surface area contributed by atoms with E-state index < -0.39 is 5.97 Å². The van der Waals surface area contributed by atoms with E-state index in [1.165, 1.54) is 11.9 Å². The lowest BCUT2D eigenvalue weighted by Gasteiger charge is -1.99. The monoisotopic (exact) mass is 266 g/mol. The number of rotatable bonds is 3. The van der Waals surface area contributed by atoms with Gasteiger partial charge in [-0.2, -0.15) is 0 Å². The Bertz CT molecular complexity index is 773. The van der Waals surface area contributed by atoms with E-state index >= 15 is 0 Å². The lowest BCUT2D eigenvalue weighted by Crippen LogP contribution is -2.00. The molecule has 0 bridgehead atoms. The largest absolute Gasteiger partial charge is 0.477 e. The fraction of sp³-hybridized carbons (Fsp3) is 0.125. The molecule has 0 saturated carbocycles. The van der Waals surface area contributed by atoms with Gasteiger partial charge in [0.1, 0.15) is 6.33 Å². The Morgan fingerprint density at radius 1 is 1.20 bits per heavy atom. The van der Waals surface area contributed by atoms with Gasteiger partial charge in [0.25, 0.3) is 0 Å². The van der Waals surface area contributed by atoms with Crippen LogP contribution in [0.3, 0.4) is 0 Å². The predicted octanol–water partition coefficient (Wildman–Crippen LogP) is 3.26. The summed E-state index contributed by atoms with van der Waals surface area (Å²) in [6.07, 6.45) is 4.50. The molecule has 0 unspecified atom stereocenters. The normalized spacial score (nSPS) is 10.8. The SMILES string of the molecule is CCc1ccc(-c2cc3cc(C(=O)O)ncn3c2)cc1. The van der Waals surface area contributed by atoms with E-state index in [0.717, 1.165) is 23.1 Å². The van der Waals surface area contributed by atoms with E-state index in [1.54, 1.807) is 6.07 Å². The second-order valence-electron chi connectivity index (χ2n) is 4.69. The number of nitrogens with zero attached hydrogens (tertiary/aromatic N) is 2. The fourth-order valence-corrected chi connectivity index (χ4v) is 2.22. The molecule has 0 spiro atoms. The summed E-state index contributed by atoms with van der Waals surface area (Å²) < 4.78 is 1.83. The van der Waals surface area contributed by atoms with Crippen LogP contribution < -0.4 is 0 Å². The van der Waals surface area contributed by atoms with E-state index in [2.05, 4.69) is 36.2 Å². The van der Waals surface area contributed by atoms with Crippen molar-refractivity contribution < 1.29 is 9.90 Å². The van der Waals surface area contributed by atoms with Crippen LogP contribution >= 0.6 is 0 Å². The van der Waals surface area contributed by atoms with Crippen LogP contribution in [0.25, 0.3) is 16.6 Å². The van der Waals surface area contributed by atoms with Crippen LogP contribution in [0.15, 0.2) is 48.9 Å². The number of carboxylic acid groups (broad SMARTS) is 1. The first-order chi connectivity index (χ1) is 9.67. The summed E-state index contributed by atoms with van der Waals surface area (Å²) in [5, 5.41) is 8.95. The average Bonchev–Trinajstić information content (AvgIpc) is 2.90. The molecule has 0 fully saturated rings. The average molecular weight is 266 g/mol. The molecule has 2 heterocycles. The maximum atomic E-state index is 10.9. The van der Waals surface area contributed by atoms with Gasteiger partial charge in [0.05, 0.1) is 0 Å². The molecule has 3 rings (SSSR count). The van der Waals surface area contributed by atoms with Gasteiger partial charge in [-0.15, -0.1) is 0 Å². The smallest absolute Gasteiger partial charge is 0.354 e. The second kappa shape index (κ2) is 4.81. The van der Waals surface area contributed by atoms with Crippen molar-refractivity contribution in [2.45, 2.75) is 13.3 Å². The molecule has 3 aromatic rings. The van der Waals surface area contributed by atoms with Crippen molar-refractivity contribution in [3.8, 4) is 11.1 Å². The van der Waals surface area contributed by atoms with Crippen molar-refractivity contribution in [1.82, 2.24) is 9.38 Å². The number of fused-ring (bicyclic) bond motifs is 1. The molecule has 0 atom stereocenters. The first-order valence-corrected chi connectivity index (χ1v) is 6.47. The maximum Gasteiger partial charge on any atom is 0.354 e. The Labute approximate surface area is 116 Å². The first-order valence-electron chi connectivity index (χ1n) is 6.47. The van der Waals surface area contributed by atoms with E-state index in [1.807, 2.05) is 16.7 Å². The molecule has 20 heavy (non-hydrogen) atoms. The molecular formula is C16H14N2O2. The zero-order chi connectivity index (χ0) is 14.1. The van der Waals surface area contributed by atoms with Crippen LogP contribution in [0.4, 0.5) is 0 Å². The highest BCUT2D eigenvalue weighted by molar-refractivity contribution is 5.87. The molecular weight excluding hydrogens is 252 g/mol. The third-order valence-corrected chi connectivity index (χ3v) is 3.40. The van der Waals surface area contributed by atoms with Crippen molar-refractivity contribution in [2.75, 3.05) is 0 Å². The number of hydrogen-bond donors (Lipinski definition) is 1. The molecule has 4 heteroatoms. The zero-order valence-corrected chi connectivity index (χ0v) is 11.1. The molecule has 2 aromatic heterocycles. The third kappa shape index (κ3) is 2.16. The molecule has 1 N–H and O–H groups in total. The molecule has 0 aliphatic carbocycles. The van der Waals surface area contributed by atoms with Gasteiger partial charge >= 0.3 is 5.97 Å². The topological polar surface area (TPSA) is 54.6 Å². The van der Waals surface area contributed by atoms with Gasteiger partial charge in [0.2, 0.25) is 0 Å². The Morgan fingerprint density at radius 3 is 2.60 bits per heavy atom. The molecule has 0 saturated heterocycles. The minimum Gasteiger partial charge on any atom is -0.477 e. The lowest BCUT2D eigenvalue weighted by molar-refractivity contribution is 0.0690. The Kier molecular flexibility index (Phi) is 2.99. The summed E-state index contributed by atoms with van der Waals surface area (Å²) in [6.45, 7) is 2.13. The van der Waals surface area contributed by atoms with Gasteiger partial charge < -0.3 is 9.51 Å². The van der Waals surface area contributed by atoms with E-state index in [0.29, 0.717) is 0 Å². The van der Waals surface area contributed by atoms with Crippen molar-refractivity contribution in [3.05, 3.63) is 60.2 Å². The van der Waals surface area contributed by atoms with E-state index in [-0.39, 0.29) is 5.69 Å². The highest BCUT2D eigenvalue weighted by Crippen LogP contribution is 2.23. The Hall–Kier alpha value is -2.62. The summed E-state index contributed by atoms with van der Waals surface area (Å²) >= 11 is 0. The number of aromatic nitrogens is 2. The summed E-state index contributed by atoms with van der Waals surface area (Å²) in [5.74, 6) is -1.01. The quantitative estimate of drug-likeness (QED) is 0.791. The number of carboxylic acids is 1. The summed E-state index contributed by atoms with van der Waals surface area (Å²) in [6, 6.07) is 11.9. The van der Waals surface area contributed by atoms with Crippen LogP contribution in [-0.4, -0.2) is 20.5 Å². The van der Waals surface area contributed by atoms with Gasteiger partial charge in [0, 0.05) is 17.3 Å². The standard InChI is InChI=1S/C16H14N2O2/c1-2-11-3-5-12(6-4-11)13-7-14-8-15(16(19)20)17-10-18(14)9-13/h3-10H,2H2,1H3,(H,19,20). The number of hydrogen-bond acceptors (Lipinski definition) is 2. The van der Waals surface area contributed by atoms with Gasteiger partial charge in [-0.3, -0.25) is 0 Å². The molecule has 4 nitrogen and oxygen atoms in total. The van der Waals surface area contributed by atoms with Crippen LogP contribution in [0.1, 0.15) is 23.0 Å². The Morgan fingerprint density at radius 2 is 1.95 bits per heavy atom. The minimum atomic E-state index is -1.01. The maximum absolute atomic E-state index is 10.9. The van der Waals surface area contributed by atoms with Crippen molar-refractivity contribution in [3.63, 3.8) is 0 Å². The Balaban J connectivity index is 2.05. The van der Waals surface area contributed by atoms with E-state index in [4.69, 9.17) is 5.11 Å². The first kappa shape index (κ1) is 12.4. The number of benzene rings is 1. The summed E-state index contributed by atoms with van der Waals surface area (Å²) in [4.78, 5) is 14.8. The highest BCUT2D eigenvalue weighted by atomic mass is 16.4. The molecule has 100 valence electrons. The molecule has 1 aromatic carbocycles. The molecule has 0 aliphatic rings. The third-order valence-electron chi connectivity index (χ3n) is 3.40. The second-order valence-corrected chi connectivity index (χ2v) is 4.69. The van der Waals surface area contributed by atoms with Gasteiger partial charge in [-0.05, 0) is 29.7 Å². The van der Waals surface area contributed by atoms with Crippen LogP contribution in [0.2, 0.25) is 0 Å². The van der Waals surface area contributed by atoms with Crippen LogP contribution in [0, 0.1) is 0 Å². The van der Waals surface area contributed by atoms with Crippen molar-refractivity contribution >= 4 is 11.5 Å². The fourth-order valence-electron chi connectivity index (χ4n) is 2.22. The summed E-state index contributed by atoms with van der Waals surface area (Å²) in [5.41, 5.74) is 4.35.